The average Bonchev–Trinajstić information content (AvgIpc) is 2.75. The molecule has 0 spiro atoms. The van der Waals surface area contributed by atoms with Gasteiger partial charge in [-0.15, -0.1) is 11.8 Å². The number of carbonyl (C=O) groups is 2. The van der Waals surface area contributed by atoms with Gasteiger partial charge in [0.2, 0.25) is 5.91 Å². The molecule has 0 bridgehead atoms. The van der Waals surface area contributed by atoms with Crippen LogP contribution in [0.25, 0.3) is 0 Å². The molecule has 4 nitrogen and oxygen atoms in total. The molecular weight excluding hydrogens is 226 g/mol. The molecule has 0 radical (unpaired) electrons. The molecule has 3 aliphatic rings. The lowest BCUT2D eigenvalue weighted by Crippen LogP contribution is -2.48. The predicted molar refractivity (Wildman–Crippen MR) is 59.9 cm³/mol. The molecule has 0 aromatic heterocycles. The number of carbonyl (C=O) groups excluding carboxylic acids is 1. The Hall–Kier alpha value is -1.23. The lowest BCUT2D eigenvalue weighted by Gasteiger charge is -2.29. The van der Waals surface area contributed by atoms with E-state index in [9.17, 15) is 14.7 Å². The molecule has 3 atom stereocenters. The van der Waals surface area contributed by atoms with E-state index in [4.69, 9.17) is 0 Å². The Morgan fingerprint density at radius 3 is 3.00 bits per heavy atom. The van der Waals surface area contributed by atoms with E-state index < -0.39 is 10.8 Å². The molecular formula is C11H11NO3S. The van der Waals surface area contributed by atoms with Crippen molar-refractivity contribution in [3.05, 3.63) is 24.3 Å². The van der Waals surface area contributed by atoms with Gasteiger partial charge < -0.3 is 10.0 Å². The molecule has 1 amide bonds. The summed E-state index contributed by atoms with van der Waals surface area (Å²) in [6.45, 7) is 0. The van der Waals surface area contributed by atoms with E-state index in [1.165, 1.54) is 11.8 Å². The first-order valence-electron chi connectivity index (χ1n) is 5.23. The van der Waals surface area contributed by atoms with E-state index in [2.05, 4.69) is 0 Å². The first-order chi connectivity index (χ1) is 7.65. The minimum atomic E-state index is -1.02. The summed E-state index contributed by atoms with van der Waals surface area (Å²) in [5.74, 6) is -0.929. The zero-order chi connectivity index (χ0) is 11.3. The van der Waals surface area contributed by atoms with Gasteiger partial charge in [-0.05, 0) is 6.42 Å². The number of amides is 1. The molecule has 84 valence electrons. The highest BCUT2D eigenvalue weighted by atomic mass is 32.2. The van der Waals surface area contributed by atoms with E-state index in [1.807, 2.05) is 24.3 Å². The third-order valence-corrected chi connectivity index (χ3v) is 5.03. The first kappa shape index (κ1) is 9.96. The molecule has 3 rings (SSSR count). The molecule has 16 heavy (non-hydrogen) atoms. The van der Waals surface area contributed by atoms with Crippen LogP contribution in [-0.2, 0) is 9.59 Å². The summed E-state index contributed by atoms with van der Waals surface area (Å²) in [6.07, 6.45) is 8.46. The summed E-state index contributed by atoms with van der Waals surface area (Å²) < 4.78 is 0. The zero-order valence-electron chi connectivity index (χ0n) is 8.50. The van der Waals surface area contributed by atoms with Crippen LogP contribution in [0, 0.1) is 0 Å². The number of carboxylic acids is 1. The van der Waals surface area contributed by atoms with Crippen LogP contribution in [0.3, 0.4) is 0 Å². The zero-order valence-corrected chi connectivity index (χ0v) is 9.31. The average molecular weight is 237 g/mol. The summed E-state index contributed by atoms with van der Waals surface area (Å²) >= 11 is 1.39. The van der Waals surface area contributed by atoms with Gasteiger partial charge in [0.05, 0.1) is 11.3 Å². The molecule has 2 saturated heterocycles. The van der Waals surface area contributed by atoms with Crippen molar-refractivity contribution < 1.29 is 14.7 Å². The largest absolute Gasteiger partial charge is 0.479 e. The van der Waals surface area contributed by atoms with Crippen LogP contribution in [0.5, 0.6) is 0 Å². The van der Waals surface area contributed by atoms with Crippen molar-refractivity contribution in [3.63, 3.8) is 0 Å². The number of aliphatic carboxylic acids is 1. The molecule has 0 aromatic carbocycles. The number of hydrogen-bond donors (Lipinski definition) is 1. The van der Waals surface area contributed by atoms with E-state index in [1.54, 1.807) is 4.90 Å². The van der Waals surface area contributed by atoms with Crippen LogP contribution in [0.2, 0.25) is 0 Å². The Morgan fingerprint density at radius 1 is 1.50 bits per heavy atom. The molecule has 3 unspecified atom stereocenters. The molecule has 1 N–H and O–H groups in total. The van der Waals surface area contributed by atoms with E-state index in [-0.39, 0.29) is 17.2 Å². The Bertz CT molecular complexity index is 431. The van der Waals surface area contributed by atoms with Crippen LogP contribution in [0.1, 0.15) is 12.8 Å². The van der Waals surface area contributed by atoms with Crippen molar-refractivity contribution in [1.82, 2.24) is 4.90 Å². The topological polar surface area (TPSA) is 57.6 Å². The van der Waals surface area contributed by atoms with Gasteiger partial charge in [0.1, 0.15) is 0 Å². The van der Waals surface area contributed by atoms with Gasteiger partial charge in [0.25, 0.3) is 0 Å². The number of rotatable bonds is 1. The Labute approximate surface area is 97.0 Å². The van der Waals surface area contributed by atoms with Crippen molar-refractivity contribution in [2.45, 2.75) is 29.0 Å². The monoisotopic (exact) mass is 237 g/mol. The van der Waals surface area contributed by atoms with E-state index in [0.717, 1.165) is 0 Å². The standard InChI is InChI=1S/C11H11NO3S/c13-9-5-6-11(10(14)15)12(9)7-3-1-2-4-8(7)16-11/h1-4,7-8H,5-6H2,(H,14,15). The number of allylic oxidation sites excluding steroid dienone is 2. The maximum atomic E-state index is 11.8. The first-order valence-corrected chi connectivity index (χ1v) is 6.11. The summed E-state index contributed by atoms with van der Waals surface area (Å²) in [5.41, 5.74) is 0. The quantitative estimate of drug-likeness (QED) is 0.739. The van der Waals surface area contributed by atoms with E-state index in [0.29, 0.717) is 12.8 Å². The van der Waals surface area contributed by atoms with Crippen molar-refractivity contribution in [2.75, 3.05) is 0 Å². The predicted octanol–water partition coefficient (Wildman–Crippen LogP) is 1.000. The summed E-state index contributed by atoms with van der Waals surface area (Å²) in [4.78, 5) is 23.8. The van der Waals surface area contributed by atoms with Crippen molar-refractivity contribution >= 4 is 23.6 Å². The molecule has 2 heterocycles. The van der Waals surface area contributed by atoms with Crippen LogP contribution >= 0.6 is 11.8 Å². The van der Waals surface area contributed by atoms with Crippen LogP contribution in [0.4, 0.5) is 0 Å². The molecule has 0 saturated carbocycles. The third kappa shape index (κ3) is 1.06. The second kappa shape index (κ2) is 3.13. The highest BCUT2D eigenvalue weighted by Crippen LogP contribution is 2.52. The number of fused-ring (bicyclic) bond motifs is 3. The molecule has 2 fully saturated rings. The van der Waals surface area contributed by atoms with Crippen LogP contribution in [-0.4, -0.2) is 38.0 Å². The van der Waals surface area contributed by atoms with Gasteiger partial charge in [-0.1, -0.05) is 24.3 Å². The molecule has 2 aliphatic heterocycles. The maximum absolute atomic E-state index is 11.8. The second-order valence-electron chi connectivity index (χ2n) is 4.20. The van der Waals surface area contributed by atoms with Crippen LogP contribution < -0.4 is 0 Å². The number of carboxylic acid groups (broad SMARTS) is 1. The number of thioether (sulfide) groups is 1. The van der Waals surface area contributed by atoms with Gasteiger partial charge in [-0.25, -0.2) is 4.79 Å². The molecule has 1 aliphatic carbocycles. The van der Waals surface area contributed by atoms with Gasteiger partial charge in [0.15, 0.2) is 4.87 Å². The highest BCUT2D eigenvalue weighted by molar-refractivity contribution is 8.02. The van der Waals surface area contributed by atoms with Crippen molar-refractivity contribution in [2.24, 2.45) is 0 Å². The van der Waals surface area contributed by atoms with Gasteiger partial charge in [-0.2, -0.15) is 0 Å². The van der Waals surface area contributed by atoms with Crippen LogP contribution in [0.15, 0.2) is 24.3 Å². The summed E-state index contributed by atoms with van der Waals surface area (Å²) in [5, 5.41) is 9.46. The fraction of sp³-hybridized carbons (Fsp3) is 0.455. The minimum Gasteiger partial charge on any atom is -0.479 e. The summed E-state index contributed by atoms with van der Waals surface area (Å²) in [7, 11) is 0. The summed E-state index contributed by atoms with van der Waals surface area (Å²) in [6, 6.07) is -0.0823. The number of hydrogen-bond acceptors (Lipinski definition) is 3. The van der Waals surface area contributed by atoms with Crippen molar-refractivity contribution in [1.29, 1.82) is 0 Å². The third-order valence-electron chi connectivity index (χ3n) is 3.36. The lowest BCUT2D eigenvalue weighted by atomic mass is 10.1. The van der Waals surface area contributed by atoms with Crippen molar-refractivity contribution in [3.8, 4) is 0 Å². The Kier molecular flexibility index (Phi) is 1.95. The maximum Gasteiger partial charge on any atom is 0.340 e. The van der Waals surface area contributed by atoms with Gasteiger partial charge >= 0.3 is 5.97 Å². The molecule has 5 heteroatoms. The normalized spacial score (nSPS) is 40.0. The Morgan fingerprint density at radius 2 is 2.25 bits per heavy atom. The lowest BCUT2D eigenvalue weighted by molar-refractivity contribution is -0.148. The van der Waals surface area contributed by atoms with Gasteiger partial charge in [0, 0.05) is 6.42 Å². The fourth-order valence-electron chi connectivity index (χ4n) is 2.64. The smallest absolute Gasteiger partial charge is 0.340 e. The minimum absolute atomic E-state index is 0.0395. The Balaban J connectivity index is 2.06. The number of nitrogens with zero attached hydrogens (tertiary/aromatic N) is 1. The van der Waals surface area contributed by atoms with E-state index >= 15 is 0 Å². The van der Waals surface area contributed by atoms with Gasteiger partial charge in [-0.3, -0.25) is 4.79 Å². The molecule has 0 aromatic rings. The SMILES string of the molecule is O=C1CCC2(C(=O)O)SC3C=CC=CC3N12. The highest BCUT2D eigenvalue weighted by Gasteiger charge is 2.61. The second-order valence-corrected chi connectivity index (χ2v) is 5.65. The fourth-order valence-corrected chi connectivity index (χ4v) is 4.27.